The number of carbonyl (C=O) groups is 1. The monoisotopic (exact) mass is 221 g/mol. The van der Waals surface area contributed by atoms with Crippen LogP contribution in [0.4, 0.5) is 0 Å². The van der Waals surface area contributed by atoms with E-state index in [2.05, 4.69) is 16.1 Å². The molecular weight excluding hydrogens is 206 g/mol. The standard InChI is InChI=1S/C12H15NO3/c1-15-12(14)7-13-6-9-8-16-11-5-3-2-4-10(9)11/h2-5,9,13H,6-8H2,1H3. The van der Waals surface area contributed by atoms with Gasteiger partial charge in [-0.15, -0.1) is 0 Å². The van der Waals surface area contributed by atoms with Gasteiger partial charge in [0.25, 0.3) is 0 Å². The van der Waals surface area contributed by atoms with Crippen LogP contribution in [0.25, 0.3) is 0 Å². The Kier molecular flexibility index (Phi) is 3.41. The van der Waals surface area contributed by atoms with Gasteiger partial charge in [0.1, 0.15) is 5.75 Å². The van der Waals surface area contributed by atoms with Crippen molar-refractivity contribution in [1.29, 1.82) is 0 Å². The topological polar surface area (TPSA) is 47.6 Å². The van der Waals surface area contributed by atoms with Crippen molar-refractivity contribution in [2.75, 3.05) is 26.8 Å². The SMILES string of the molecule is COC(=O)CNCC1COc2ccccc21. The molecule has 1 heterocycles. The van der Waals surface area contributed by atoms with E-state index in [1.807, 2.05) is 18.2 Å². The van der Waals surface area contributed by atoms with E-state index in [4.69, 9.17) is 4.74 Å². The predicted molar refractivity (Wildman–Crippen MR) is 59.6 cm³/mol. The first-order chi connectivity index (χ1) is 7.81. The minimum absolute atomic E-state index is 0.243. The first kappa shape index (κ1) is 11.0. The highest BCUT2D eigenvalue weighted by Gasteiger charge is 2.23. The molecule has 0 bridgehead atoms. The van der Waals surface area contributed by atoms with Gasteiger partial charge in [-0.3, -0.25) is 4.79 Å². The van der Waals surface area contributed by atoms with Crippen molar-refractivity contribution in [2.24, 2.45) is 0 Å². The van der Waals surface area contributed by atoms with Crippen molar-refractivity contribution in [3.63, 3.8) is 0 Å². The highest BCUT2D eigenvalue weighted by Crippen LogP contribution is 2.32. The van der Waals surface area contributed by atoms with Crippen molar-refractivity contribution in [1.82, 2.24) is 5.32 Å². The second kappa shape index (κ2) is 4.99. The summed E-state index contributed by atoms with van der Waals surface area (Å²) in [5, 5.41) is 3.06. The number of hydrogen-bond acceptors (Lipinski definition) is 4. The van der Waals surface area contributed by atoms with E-state index < -0.39 is 0 Å². The Bertz CT molecular complexity index is 378. The summed E-state index contributed by atoms with van der Waals surface area (Å²) < 4.78 is 10.1. The van der Waals surface area contributed by atoms with Crippen molar-refractivity contribution in [2.45, 2.75) is 5.92 Å². The zero-order valence-electron chi connectivity index (χ0n) is 9.23. The van der Waals surface area contributed by atoms with Crippen molar-refractivity contribution < 1.29 is 14.3 Å². The third-order valence-electron chi connectivity index (χ3n) is 2.69. The summed E-state index contributed by atoms with van der Waals surface area (Å²) in [6, 6.07) is 7.99. The molecule has 86 valence electrons. The van der Waals surface area contributed by atoms with Crippen LogP contribution in [0.2, 0.25) is 0 Å². The first-order valence-electron chi connectivity index (χ1n) is 5.30. The third-order valence-corrected chi connectivity index (χ3v) is 2.69. The molecule has 16 heavy (non-hydrogen) atoms. The fraction of sp³-hybridized carbons (Fsp3) is 0.417. The lowest BCUT2D eigenvalue weighted by molar-refractivity contribution is -0.139. The normalized spacial score (nSPS) is 17.7. The number of carbonyl (C=O) groups excluding carboxylic acids is 1. The Morgan fingerprint density at radius 2 is 2.38 bits per heavy atom. The second-order valence-corrected chi connectivity index (χ2v) is 3.75. The minimum Gasteiger partial charge on any atom is -0.493 e. The van der Waals surface area contributed by atoms with E-state index in [1.54, 1.807) is 0 Å². The van der Waals surface area contributed by atoms with Gasteiger partial charge < -0.3 is 14.8 Å². The number of para-hydroxylation sites is 1. The van der Waals surface area contributed by atoms with Gasteiger partial charge in [0.2, 0.25) is 0 Å². The maximum absolute atomic E-state index is 10.9. The maximum Gasteiger partial charge on any atom is 0.319 e. The molecule has 1 atom stereocenters. The fourth-order valence-corrected chi connectivity index (χ4v) is 1.82. The molecule has 0 spiro atoms. The average molecular weight is 221 g/mol. The lowest BCUT2D eigenvalue weighted by Crippen LogP contribution is -2.28. The summed E-state index contributed by atoms with van der Waals surface area (Å²) >= 11 is 0. The number of hydrogen-bond donors (Lipinski definition) is 1. The van der Waals surface area contributed by atoms with Crippen LogP contribution in [0, 0.1) is 0 Å². The number of fused-ring (bicyclic) bond motifs is 1. The van der Waals surface area contributed by atoms with Gasteiger partial charge in [0.15, 0.2) is 0 Å². The smallest absolute Gasteiger partial charge is 0.319 e. The molecule has 0 saturated heterocycles. The maximum atomic E-state index is 10.9. The zero-order valence-corrected chi connectivity index (χ0v) is 9.23. The van der Waals surface area contributed by atoms with Gasteiger partial charge >= 0.3 is 5.97 Å². The van der Waals surface area contributed by atoms with Gasteiger partial charge in [-0.1, -0.05) is 18.2 Å². The summed E-state index contributed by atoms with van der Waals surface area (Å²) in [4.78, 5) is 10.9. The van der Waals surface area contributed by atoms with Crippen LogP contribution in [0.3, 0.4) is 0 Å². The molecule has 1 aliphatic heterocycles. The molecule has 0 amide bonds. The minimum atomic E-state index is -0.243. The van der Waals surface area contributed by atoms with Gasteiger partial charge in [-0.2, -0.15) is 0 Å². The molecule has 0 saturated carbocycles. The lowest BCUT2D eigenvalue weighted by Gasteiger charge is -2.09. The number of rotatable bonds is 4. The summed E-state index contributed by atoms with van der Waals surface area (Å²) in [7, 11) is 1.39. The Balaban J connectivity index is 1.86. The van der Waals surface area contributed by atoms with Gasteiger partial charge in [0.05, 0.1) is 20.3 Å². The lowest BCUT2D eigenvalue weighted by atomic mass is 10.0. The van der Waals surface area contributed by atoms with Crippen LogP contribution in [0.1, 0.15) is 11.5 Å². The Hall–Kier alpha value is -1.55. The molecule has 4 nitrogen and oxygen atoms in total. The second-order valence-electron chi connectivity index (χ2n) is 3.75. The van der Waals surface area contributed by atoms with Crippen molar-refractivity contribution >= 4 is 5.97 Å². The Morgan fingerprint density at radius 1 is 1.56 bits per heavy atom. The van der Waals surface area contributed by atoms with Gasteiger partial charge in [0, 0.05) is 18.0 Å². The molecule has 2 rings (SSSR count). The molecule has 0 radical (unpaired) electrons. The molecule has 1 N–H and O–H groups in total. The molecule has 0 aromatic heterocycles. The van der Waals surface area contributed by atoms with E-state index in [1.165, 1.54) is 12.7 Å². The summed E-state index contributed by atoms with van der Waals surface area (Å²) in [5.74, 6) is 1.03. The average Bonchev–Trinajstić information content (AvgIpc) is 2.73. The van der Waals surface area contributed by atoms with E-state index in [0.717, 1.165) is 12.3 Å². The molecule has 1 unspecified atom stereocenters. The Labute approximate surface area is 94.6 Å². The van der Waals surface area contributed by atoms with E-state index >= 15 is 0 Å². The van der Waals surface area contributed by atoms with Crippen LogP contribution in [0.5, 0.6) is 5.75 Å². The number of benzene rings is 1. The summed E-state index contributed by atoms with van der Waals surface area (Å²) in [5.41, 5.74) is 1.21. The van der Waals surface area contributed by atoms with Crippen LogP contribution < -0.4 is 10.1 Å². The van der Waals surface area contributed by atoms with Crippen molar-refractivity contribution in [3.8, 4) is 5.75 Å². The molecule has 1 aromatic rings. The molecule has 0 aliphatic carbocycles. The highest BCUT2D eigenvalue weighted by molar-refractivity contribution is 5.71. The predicted octanol–water partition coefficient (Wildman–Crippen LogP) is 0.925. The summed E-state index contributed by atoms with van der Waals surface area (Å²) in [6.45, 7) is 1.65. The number of nitrogens with one attached hydrogen (secondary N) is 1. The molecule has 1 aromatic carbocycles. The number of ether oxygens (including phenoxy) is 2. The molecule has 4 heteroatoms. The number of esters is 1. The first-order valence-corrected chi connectivity index (χ1v) is 5.30. The molecular formula is C12H15NO3. The van der Waals surface area contributed by atoms with Crippen molar-refractivity contribution in [3.05, 3.63) is 29.8 Å². The zero-order chi connectivity index (χ0) is 11.4. The van der Waals surface area contributed by atoms with Crippen LogP contribution in [-0.2, 0) is 9.53 Å². The fourth-order valence-electron chi connectivity index (χ4n) is 1.82. The van der Waals surface area contributed by atoms with E-state index in [0.29, 0.717) is 12.5 Å². The van der Waals surface area contributed by atoms with Gasteiger partial charge in [-0.25, -0.2) is 0 Å². The van der Waals surface area contributed by atoms with Gasteiger partial charge in [-0.05, 0) is 6.07 Å². The highest BCUT2D eigenvalue weighted by atomic mass is 16.5. The van der Waals surface area contributed by atoms with E-state index in [-0.39, 0.29) is 12.5 Å². The third kappa shape index (κ3) is 2.33. The summed E-state index contributed by atoms with van der Waals surface area (Å²) in [6.07, 6.45) is 0. The molecule has 1 aliphatic rings. The van der Waals surface area contributed by atoms with Crippen LogP contribution in [0.15, 0.2) is 24.3 Å². The van der Waals surface area contributed by atoms with Crippen LogP contribution in [-0.4, -0.2) is 32.8 Å². The quantitative estimate of drug-likeness (QED) is 0.768. The number of methoxy groups -OCH3 is 1. The molecule has 0 fully saturated rings. The van der Waals surface area contributed by atoms with E-state index in [9.17, 15) is 4.79 Å². The Morgan fingerprint density at radius 3 is 3.19 bits per heavy atom. The van der Waals surface area contributed by atoms with Crippen LogP contribution >= 0.6 is 0 Å². The largest absolute Gasteiger partial charge is 0.493 e.